The summed E-state index contributed by atoms with van der Waals surface area (Å²) in [7, 11) is 0. The van der Waals surface area contributed by atoms with Crippen molar-refractivity contribution in [2.24, 2.45) is 11.1 Å². The molecule has 0 aliphatic carbocycles. The lowest BCUT2D eigenvalue weighted by Crippen LogP contribution is -2.43. The number of rotatable bonds is 5. The zero-order valence-electron chi connectivity index (χ0n) is 10.9. The summed E-state index contributed by atoms with van der Waals surface area (Å²) in [5, 5.41) is 2.88. The second-order valence-electron chi connectivity index (χ2n) is 5.33. The van der Waals surface area contributed by atoms with Crippen molar-refractivity contribution in [2.45, 2.75) is 33.2 Å². The third-order valence-corrected chi connectivity index (χ3v) is 2.68. The molecule has 3 heteroatoms. The van der Waals surface area contributed by atoms with Crippen LogP contribution < -0.4 is 11.1 Å². The van der Waals surface area contributed by atoms with E-state index in [0.717, 1.165) is 6.42 Å². The van der Waals surface area contributed by atoms with Crippen LogP contribution in [0.1, 0.15) is 26.3 Å². The highest BCUT2D eigenvalue weighted by atomic mass is 16.2. The van der Waals surface area contributed by atoms with Crippen LogP contribution in [0.2, 0.25) is 0 Å². The van der Waals surface area contributed by atoms with Gasteiger partial charge in [0.25, 0.3) is 0 Å². The highest BCUT2D eigenvalue weighted by Gasteiger charge is 2.20. The van der Waals surface area contributed by atoms with E-state index in [4.69, 9.17) is 5.73 Å². The van der Waals surface area contributed by atoms with Crippen LogP contribution >= 0.6 is 0 Å². The van der Waals surface area contributed by atoms with E-state index < -0.39 is 6.04 Å². The average Bonchev–Trinajstić information content (AvgIpc) is 2.26. The van der Waals surface area contributed by atoms with Gasteiger partial charge in [-0.05, 0) is 24.3 Å². The van der Waals surface area contributed by atoms with Crippen LogP contribution in [0.15, 0.2) is 30.3 Å². The van der Waals surface area contributed by atoms with Crippen LogP contribution in [-0.2, 0) is 11.2 Å². The van der Waals surface area contributed by atoms with Crippen molar-refractivity contribution in [1.29, 1.82) is 0 Å². The molecule has 0 radical (unpaired) electrons. The topological polar surface area (TPSA) is 55.1 Å². The van der Waals surface area contributed by atoms with Gasteiger partial charge in [-0.2, -0.15) is 0 Å². The number of benzene rings is 1. The lowest BCUT2D eigenvalue weighted by atomic mass is 9.85. The number of nitrogens with one attached hydrogen (secondary N) is 1. The molecule has 0 saturated carbocycles. The molecule has 0 fully saturated rings. The maximum absolute atomic E-state index is 11.4. The van der Waals surface area contributed by atoms with Crippen molar-refractivity contribution in [3.8, 4) is 0 Å². The molecule has 0 saturated heterocycles. The fourth-order valence-electron chi connectivity index (χ4n) is 1.70. The van der Waals surface area contributed by atoms with Crippen molar-refractivity contribution in [3.05, 3.63) is 35.9 Å². The Morgan fingerprint density at radius 2 is 1.94 bits per heavy atom. The minimum atomic E-state index is -0.442. The van der Waals surface area contributed by atoms with Crippen molar-refractivity contribution in [1.82, 2.24) is 5.32 Å². The molecule has 0 spiro atoms. The summed E-state index contributed by atoms with van der Waals surface area (Å²) in [6.07, 6.45) is 0.938. The fourth-order valence-corrected chi connectivity index (χ4v) is 1.70. The quantitative estimate of drug-likeness (QED) is 0.815. The number of carbonyl (C=O) groups excluding carboxylic acids is 1. The zero-order valence-corrected chi connectivity index (χ0v) is 10.9. The van der Waals surface area contributed by atoms with Crippen LogP contribution in [-0.4, -0.2) is 18.5 Å². The normalized spacial score (nSPS) is 13.2. The SMILES string of the molecule is C[C@@H](N)C(=O)NCC(C)(C)Cc1ccccc1. The van der Waals surface area contributed by atoms with E-state index in [9.17, 15) is 4.79 Å². The van der Waals surface area contributed by atoms with Gasteiger partial charge in [-0.1, -0.05) is 44.2 Å². The fraction of sp³-hybridized carbons (Fsp3) is 0.500. The molecule has 1 atom stereocenters. The number of amides is 1. The molecule has 3 nitrogen and oxygen atoms in total. The summed E-state index contributed by atoms with van der Waals surface area (Å²) < 4.78 is 0. The first kappa shape index (κ1) is 13.7. The van der Waals surface area contributed by atoms with Crippen molar-refractivity contribution in [2.75, 3.05) is 6.54 Å². The Morgan fingerprint density at radius 3 is 2.47 bits per heavy atom. The van der Waals surface area contributed by atoms with Crippen LogP contribution in [0.3, 0.4) is 0 Å². The Balaban J connectivity index is 2.49. The highest BCUT2D eigenvalue weighted by molar-refractivity contribution is 5.80. The second kappa shape index (κ2) is 5.82. The molecule has 17 heavy (non-hydrogen) atoms. The maximum Gasteiger partial charge on any atom is 0.236 e. The van der Waals surface area contributed by atoms with Crippen LogP contribution in [0.5, 0.6) is 0 Å². The van der Waals surface area contributed by atoms with Gasteiger partial charge in [-0.25, -0.2) is 0 Å². The van der Waals surface area contributed by atoms with Gasteiger partial charge in [0, 0.05) is 6.54 Å². The van der Waals surface area contributed by atoms with Gasteiger partial charge in [-0.3, -0.25) is 4.79 Å². The summed E-state index contributed by atoms with van der Waals surface area (Å²) in [6, 6.07) is 9.85. The molecule has 3 N–H and O–H groups in total. The van der Waals surface area contributed by atoms with E-state index in [0.29, 0.717) is 6.54 Å². The molecule has 0 aliphatic heterocycles. The highest BCUT2D eigenvalue weighted by Crippen LogP contribution is 2.20. The van der Waals surface area contributed by atoms with Gasteiger partial charge >= 0.3 is 0 Å². The molecule has 1 amide bonds. The number of hydrogen-bond acceptors (Lipinski definition) is 2. The minimum absolute atomic E-state index is 0.0336. The number of nitrogens with two attached hydrogens (primary N) is 1. The van der Waals surface area contributed by atoms with E-state index >= 15 is 0 Å². The van der Waals surface area contributed by atoms with Gasteiger partial charge in [0.2, 0.25) is 5.91 Å². The molecule has 0 heterocycles. The molecule has 94 valence electrons. The standard InChI is InChI=1S/C14H22N2O/c1-11(15)13(17)16-10-14(2,3)9-12-7-5-4-6-8-12/h4-8,11H,9-10,15H2,1-3H3,(H,16,17)/t11-/m1/s1. The molecular weight excluding hydrogens is 212 g/mol. The van der Waals surface area contributed by atoms with Gasteiger partial charge in [0.15, 0.2) is 0 Å². The predicted molar refractivity (Wildman–Crippen MR) is 70.6 cm³/mol. The number of carbonyl (C=O) groups is 1. The van der Waals surface area contributed by atoms with Crippen LogP contribution in [0.4, 0.5) is 0 Å². The van der Waals surface area contributed by atoms with E-state index in [-0.39, 0.29) is 11.3 Å². The van der Waals surface area contributed by atoms with Crippen molar-refractivity contribution < 1.29 is 4.79 Å². The molecule has 0 unspecified atom stereocenters. The van der Waals surface area contributed by atoms with Crippen LogP contribution in [0.25, 0.3) is 0 Å². The average molecular weight is 234 g/mol. The number of hydrogen-bond donors (Lipinski definition) is 2. The molecule has 1 aromatic rings. The first-order valence-electron chi connectivity index (χ1n) is 5.98. The molecule has 0 aromatic heterocycles. The zero-order chi connectivity index (χ0) is 12.9. The minimum Gasteiger partial charge on any atom is -0.354 e. The smallest absolute Gasteiger partial charge is 0.236 e. The predicted octanol–water partition coefficient (Wildman–Crippen LogP) is 1.72. The van der Waals surface area contributed by atoms with Gasteiger partial charge in [-0.15, -0.1) is 0 Å². The molecule has 1 rings (SSSR count). The summed E-state index contributed by atoms with van der Waals surface area (Å²) in [6.45, 7) is 6.62. The Labute approximate surface area is 103 Å². The molecule has 1 aromatic carbocycles. The van der Waals surface area contributed by atoms with Gasteiger partial charge in [0.05, 0.1) is 6.04 Å². The lowest BCUT2D eigenvalue weighted by Gasteiger charge is -2.25. The summed E-state index contributed by atoms with van der Waals surface area (Å²) >= 11 is 0. The van der Waals surface area contributed by atoms with E-state index in [1.807, 2.05) is 18.2 Å². The second-order valence-corrected chi connectivity index (χ2v) is 5.33. The molecule has 0 bridgehead atoms. The first-order valence-corrected chi connectivity index (χ1v) is 5.98. The third kappa shape index (κ3) is 5.00. The van der Waals surface area contributed by atoms with Gasteiger partial charge in [0.1, 0.15) is 0 Å². The van der Waals surface area contributed by atoms with E-state index in [2.05, 4.69) is 31.3 Å². The summed E-state index contributed by atoms with van der Waals surface area (Å²) in [5.74, 6) is -0.0915. The Kier molecular flexibility index (Phi) is 4.70. The molecular formula is C14H22N2O. The Hall–Kier alpha value is -1.35. The van der Waals surface area contributed by atoms with Crippen LogP contribution in [0, 0.1) is 5.41 Å². The Bertz CT molecular complexity index is 358. The van der Waals surface area contributed by atoms with E-state index in [1.165, 1.54) is 5.56 Å². The Morgan fingerprint density at radius 1 is 1.35 bits per heavy atom. The molecule has 0 aliphatic rings. The first-order chi connectivity index (χ1) is 7.91. The summed E-state index contributed by atoms with van der Waals surface area (Å²) in [5.41, 5.74) is 6.82. The van der Waals surface area contributed by atoms with Crippen molar-refractivity contribution >= 4 is 5.91 Å². The summed E-state index contributed by atoms with van der Waals surface area (Å²) in [4.78, 5) is 11.4. The largest absolute Gasteiger partial charge is 0.354 e. The monoisotopic (exact) mass is 234 g/mol. The van der Waals surface area contributed by atoms with Gasteiger partial charge < -0.3 is 11.1 Å². The lowest BCUT2D eigenvalue weighted by molar-refractivity contribution is -0.122. The van der Waals surface area contributed by atoms with Crippen molar-refractivity contribution in [3.63, 3.8) is 0 Å². The maximum atomic E-state index is 11.4. The third-order valence-electron chi connectivity index (χ3n) is 2.68. The van der Waals surface area contributed by atoms with E-state index in [1.54, 1.807) is 6.92 Å².